The number of hydrogen-bond acceptors (Lipinski definition) is 3. The second kappa shape index (κ2) is 5.11. The molecule has 100 valence electrons. The van der Waals surface area contributed by atoms with Gasteiger partial charge in [0.25, 0.3) is 0 Å². The van der Waals surface area contributed by atoms with E-state index in [1.54, 1.807) is 0 Å². The van der Waals surface area contributed by atoms with Gasteiger partial charge in [0.1, 0.15) is 10.8 Å². The van der Waals surface area contributed by atoms with Crippen LogP contribution >= 0.6 is 27.5 Å². The molecule has 0 amide bonds. The number of pyridine rings is 1. The van der Waals surface area contributed by atoms with E-state index >= 15 is 0 Å². The predicted octanol–water partition coefficient (Wildman–Crippen LogP) is 4.72. The zero-order valence-electron chi connectivity index (χ0n) is 11.0. The van der Waals surface area contributed by atoms with Crippen molar-refractivity contribution in [1.82, 2.24) is 15.0 Å². The van der Waals surface area contributed by atoms with E-state index in [0.717, 1.165) is 26.6 Å². The van der Waals surface area contributed by atoms with Gasteiger partial charge >= 0.3 is 0 Å². The molecule has 0 aliphatic heterocycles. The normalized spacial score (nSPS) is 11.0. The Hall–Kier alpha value is -1.52. The number of para-hydroxylation sites is 1. The zero-order chi connectivity index (χ0) is 14.3. The van der Waals surface area contributed by atoms with Crippen LogP contribution in [0.2, 0.25) is 5.15 Å². The van der Waals surface area contributed by atoms with Crippen LogP contribution in [0.3, 0.4) is 0 Å². The van der Waals surface area contributed by atoms with E-state index < -0.39 is 0 Å². The molecule has 0 saturated carbocycles. The molecule has 5 heteroatoms. The first kappa shape index (κ1) is 13.5. The summed E-state index contributed by atoms with van der Waals surface area (Å²) in [5.74, 6) is 0.538. The van der Waals surface area contributed by atoms with Gasteiger partial charge in [-0.1, -0.05) is 29.8 Å². The van der Waals surface area contributed by atoms with Crippen molar-refractivity contribution in [3.05, 3.63) is 51.2 Å². The topological polar surface area (TPSA) is 38.7 Å². The van der Waals surface area contributed by atoms with Crippen molar-refractivity contribution < 1.29 is 0 Å². The van der Waals surface area contributed by atoms with Gasteiger partial charge < -0.3 is 0 Å². The van der Waals surface area contributed by atoms with Crippen LogP contribution in [0, 0.1) is 13.8 Å². The van der Waals surface area contributed by atoms with Gasteiger partial charge in [-0.25, -0.2) is 15.0 Å². The van der Waals surface area contributed by atoms with Gasteiger partial charge in [-0.15, -0.1) is 0 Å². The number of aryl methyl sites for hydroxylation is 1. The minimum Gasteiger partial charge on any atom is -0.243 e. The Morgan fingerprint density at radius 2 is 1.80 bits per heavy atom. The Morgan fingerprint density at radius 3 is 2.55 bits per heavy atom. The highest BCUT2D eigenvalue weighted by Gasteiger charge is 2.13. The van der Waals surface area contributed by atoms with Gasteiger partial charge in [-0.05, 0) is 41.9 Å². The molecule has 0 aliphatic rings. The quantitative estimate of drug-likeness (QED) is 0.597. The summed E-state index contributed by atoms with van der Waals surface area (Å²) in [4.78, 5) is 13.4. The summed E-state index contributed by atoms with van der Waals surface area (Å²) in [6.45, 7) is 3.83. The summed E-state index contributed by atoms with van der Waals surface area (Å²) in [5.41, 5.74) is 3.37. The largest absolute Gasteiger partial charge is 0.243 e. The maximum Gasteiger partial charge on any atom is 0.181 e. The lowest BCUT2D eigenvalue weighted by Crippen LogP contribution is -1.99. The zero-order valence-corrected chi connectivity index (χ0v) is 13.3. The molecule has 0 fully saturated rings. The summed E-state index contributed by atoms with van der Waals surface area (Å²) in [6, 6.07) is 9.95. The van der Waals surface area contributed by atoms with Crippen LogP contribution in [0.4, 0.5) is 0 Å². The summed E-state index contributed by atoms with van der Waals surface area (Å²) >= 11 is 9.68. The van der Waals surface area contributed by atoms with Crippen molar-refractivity contribution in [2.24, 2.45) is 0 Å². The Balaban J connectivity index is 2.26. The maximum atomic E-state index is 6.15. The number of benzene rings is 1. The summed E-state index contributed by atoms with van der Waals surface area (Å²) in [7, 11) is 0. The average molecular weight is 349 g/mol. The molecule has 0 spiro atoms. The third-order valence-corrected chi connectivity index (χ3v) is 4.19. The third-order valence-electron chi connectivity index (χ3n) is 3.22. The van der Waals surface area contributed by atoms with Crippen LogP contribution in [0.15, 0.2) is 34.8 Å². The van der Waals surface area contributed by atoms with Crippen molar-refractivity contribution in [2.45, 2.75) is 13.8 Å². The van der Waals surface area contributed by atoms with Crippen LogP contribution < -0.4 is 0 Å². The SMILES string of the molecule is Cc1nc(-c2nc3ccccc3cc2Br)nc(Cl)c1C. The first-order chi connectivity index (χ1) is 9.56. The van der Waals surface area contributed by atoms with Gasteiger partial charge in [0.05, 0.1) is 5.52 Å². The highest BCUT2D eigenvalue weighted by atomic mass is 79.9. The molecule has 0 aliphatic carbocycles. The first-order valence-corrected chi connectivity index (χ1v) is 7.30. The number of rotatable bonds is 1. The highest BCUT2D eigenvalue weighted by molar-refractivity contribution is 9.10. The monoisotopic (exact) mass is 347 g/mol. The van der Waals surface area contributed by atoms with Gasteiger partial charge in [0.2, 0.25) is 0 Å². The van der Waals surface area contributed by atoms with Crippen LogP contribution in [-0.2, 0) is 0 Å². The molecular formula is C15H11BrClN3. The fourth-order valence-electron chi connectivity index (χ4n) is 1.95. The number of hydrogen-bond donors (Lipinski definition) is 0. The number of nitrogens with zero attached hydrogens (tertiary/aromatic N) is 3. The Morgan fingerprint density at radius 1 is 1.05 bits per heavy atom. The third kappa shape index (κ3) is 2.30. The van der Waals surface area contributed by atoms with Crippen molar-refractivity contribution >= 4 is 38.4 Å². The highest BCUT2D eigenvalue weighted by Crippen LogP contribution is 2.29. The van der Waals surface area contributed by atoms with E-state index in [1.807, 2.05) is 44.2 Å². The van der Waals surface area contributed by atoms with Crippen LogP contribution in [0.5, 0.6) is 0 Å². The predicted molar refractivity (Wildman–Crippen MR) is 85.0 cm³/mol. The minimum absolute atomic E-state index is 0.467. The molecule has 0 N–H and O–H groups in total. The first-order valence-electron chi connectivity index (χ1n) is 6.12. The lowest BCUT2D eigenvalue weighted by atomic mass is 10.2. The van der Waals surface area contributed by atoms with E-state index in [2.05, 4.69) is 30.9 Å². The number of aromatic nitrogens is 3. The summed E-state index contributed by atoms with van der Waals surface area (Å²) in [5, 5.41) is 1.53. The van der Waals surface area contributed by atoms with Crippen LogP contribution in [0.25, 0.3) is 22.4 Å². The van der Waals surface area contributed by atoms with Crippen molar-refractivity contribution in [2.75, 3.05) is 0 Å². The molecule has 0 saturated heterocycles. The van der Waals surface area contributed by atoms with Crippen LogP contribution in [-0.4, -0.2) is 15.0 Å². The minimum atomic E-state index is 0.467. The molecule has 2 aromatic heterocycles. The number of halogens is 2. The maximum absolute atomic E-state index is 6.15. The smallest absolute Gasteiger partial charge is 0.181 e. The fraction of sp³-hybridized carbons (Fsp3) is 0.133. The van der Waals surface area contributed by atoms with Crippen molar-refractivity contribution in [3.8, 4) is 11.5 Å². The summed E-state index contributed by atoms with van der Waals surface area (Å²) < 4.78 is 0.857. The molecular weight excluding hydrogens is 338 g/mol. The Bertz CT molecular complexity index is 794. The van der Waals surface area contributed by atoms with E-state index in [4.69, 9.17) is 11.6 Å². The molecule has 0 atom stereocenters. The van der Waals surface area contributed by atoms with Crippen molar-refractivity contribution in [1.29, 1.82) is 0 Å². The van der Waals surface area contributed by atoms with E-state index in [-0.39, 0.29) is 0 Å². The standard InChI is InChI=1S/C15H11BrClN3/c1-8-9(2)18-15(20-14(8)17)13-11(16)7-10-5-3-4-6-12(10)19-13/h3-7H,1-2H3. The lowest BCUT2D eigenvalue weighted by molar-refractivity contribution is 1.06. The average Bonchev–Trinajstić information content (AvgIpc) is 2.43. The molecule has 3 rings (SSSR count). The lowest BCUT2D eigenvalue weighted by Gasteiger charge is -2.08. The molecule has 3 aromatic rings. The Kier molecular flexibility index (Phi) is 3.44. The molecule has 20 heavy (non-hydrogen) atoms. The van der Waals surface area contributed by atoms with Gasteiger partial charge in [0.15, 0.2) is 5.82 Å². The molecule has 0 bridgehead atoms. The number of fused-ring (bicyclic) bond motifs is 1. The second-order valence-corrected chi connectivity index (χ2v) is 5.77. The van der Waals surface area contributed by atoms with Crippen molar-refractivity contribution in [3.63, 3.8) is 0 Å². The van der Waals surface area contributed by atoms with E-state index in [0.29, 0.717) is 16.7 Å². The molecule has 2 heterocycles. The molecule has 0 unspecified atom stereocenters. The fourth-order valence-corrected chi connectivity index (χ4v) is 2.68. The van der Waals surface area contributed by atoms with Crippen LogP contribution in [0.1, 0.15) is 11.3 Å². The molecule has 0 radical (unpaired) electrons. The van der Waals surface area contributed by atoms with Gasteiger partial charge in [0, 0.05) is 21.1 Å². The second-order valence-electron chi connectivity index (χ2n) is 4.56. The van der Waals surface area contributed by atoms with E-state index in [9.17, 15) is 0 Å². The summed E-state index contributed by atoms with van der Waals surface area (Å²) in [6.07, 6.45) is 0. The molecule has 1 aromatic carbocycles. The molecule has 3 nitrogen and oxygen atoms in total. The van der Waals surface area contributed by atoms with Gasteiger partial charge in [-0.2, -0.15) is 0 Å². The van der Waals surface area contributed by atoms with Gasteiger partial charge in [-0.3, -0.25) is 0 Å². The Labute approximate surface area is 130 Å². The van der Waals surface area contributed by atoms with E-state index in [1.165, 1.54) is 0 Å².